The van der Waals surface area contributed by atoms with Crippen molar-refractivity contribution in [3.05, 3.63) is 24.3 Å². The molecule has 2 amide bonds. The van der Waals surface area contributed by atoms with Gasteiger partial charge in [0.15, 0.2) is 0 Å². The van der Waals surface area contributed by atoms with Crippen molar-refractivity contribution >= 4 is 17.8 Å². The number of carbonyl (C=O) groups excluding carboxylic acids is 3. The van der Waals surface area contributed by atoms with Crippen molar-refractivity contribution in [2.24, 2.45) is 11.8 Å². The maximum absolute atomic E-state index is 13.7. The minimum Gasteiger partial charge on any atom is -0.461 e. The van der Waals surface area contributed by atoms with Crippen molar-refractivity contribution in [3.63, 3.8) is 0 Å². The average molecular weight is 433 g/mol. The summed E-state index contributed by atoms with van der Waals surface area (Å²) >= 11 is 0. The Hall–Kier alpha value is -2.19. The predicted molar refractivity (Wildman–Crippen MR) is 112 cm³/mol. The van der Waals surface area contributed by atoms with Crippen LogP contribution < -0.4 is 0 Å². The summed E-state index contributed by atoms with van der Waals surface area (Å²) in [6, 6.07) is -0.818. The van der Waals surface area contributed by atoms with Crippen molar-refractivity contribution in [1.29, 1.82) is 0 Å². The molecule has 0 aromatic rings. The topological polar surface area (TPSA) is 96.4 Å². The highest BCUT2D eigenvalue weighted by Crippen LogP contribution is 2.53. The lowest BCUT2D eigenvalue weighted by molar-refractivity contribution is -0.153. The van der Waals surface area contributed by atoms with Gasteiger partial charge in [-0.25, -0.2) is 0 Å². The molecule has 4 heterocycles. The monoisotopic (exact) mass is 432 g/mol. The second-order valence-electron chi connectivity index (χ2n) is 9.06. The lowest BCUT2D eigenvalue weighted by Crippen LogP contribution is -2.56. The van der Waals surface area contributed by atoms with E-state index < -0.39 is 35.6 Å². The number of fused-ring (bicyclic) bond motifs is 2. The van der Waals surface area contributed by atoms with Crippen molar-refractivity contribution < 1.29 is 29.0 Å². The number of rotatable bonds is 7. The molecule has 0 aromatic heterocycles. The molecule has 5 atom stereocenters. The average Bonchev–Trinajstić information content (AvgIpc) is 3.02. The van der Waals surface area contributed by atoms with E-state index >= 15 is 0 Å². The van der Waals surface area contributed by atoms with E-state index in [0.29, 0.717) is 13.1 Å². The molecule has 2 saturated heterocycles. The lowest BCUT2D eigenvalue weighted by Gasteiger charge is -2.36. The molecule has 1 unspecified atom stereocenters. The number of hydrogen-bond acceptors (Lipinski definition) is 6. The second kappa shape index (κ2) is 8.74. The first-order chi connectivity index (χ1) is 14.9. The minimum atomic E-state index is -1.17. The molecule has 2 fully saturated rings. The van der Waals surface area contributed by atoms with Crippen LogP contribution in [-0.4, -0.2) is 82.8 Å². The third kappa shape index (κ3) is 3.59. The fourth-order valence-electron chi connectivity index (χ4n) is 5.44. The molecule has 0 aliphatic carbocycles. The highest BCUT2D eigenvalue weighted by atomic mass is 16.6. The van der Waals surface area contributed by atoms with Crippen LogP contribution in [0, 0.1) is 11.8 Å². The van der Waals surface area contributed by atoms with Crippen molar-refractivity contribution in [3.8, 4) is 0 Å². The van der Waals surface area contributed by atoms with E-state index in [2.05, 4.69) is 0 Å². The van der Waals surface area contributed by atoms with Crippen LogP contribution in [0.2, 0.25) is 0 Å². The van der Waals surface area contributed by atoms with Crippen LogP contribution in [0.3, 0.4) is 0 Å². The Kier molecular flexibility index (Phi) is 6.21. The van der Waals surface area contributed by atoms with Crippen molar-refractivity contribution in [2.75, 3.05) is 26.3 Å². The van der Waals surface area contributed by atoms with Crippen LogP contribution in [0.4, 0.5) is 0 Å². The third-order valence-corrected chi connectivity index (χ3v) is 6.88. The molecule has 31 heavy (non-hydrogen) atoms. The van der Waals surface area contributed by atoms with Gasteiger partial charge in [0.05, 0.1) is 12.0 Å². The van der Waals surface area contributed by atoms with Gasteiger partial charge in [-0.1, -0.05) is 31.1 Å². The molecule has 170 valence electrons. The number of aliphatic hydroxyl groups excluding tert-OH is 1. The molecule has 0 saturated carbocycles. The number of esters is 1. The Labute approximate surface area is 182 Å². The molecule has 0 aromatic carbocycles. The van der Waals surface area contributed by atoms with Crippen LogP contribution in [0.1, 0.15) is 39.5 Å². The van der Waals surface area contributed by atoms with Crippen LogP contribution in [0.5, 0.6) is 0 Å². The standard InChI is InChI=1S/C23H32N2O6/c1-15(2)24-12-8-10-23-18(17-16(31-23)9-7-14-30-22(17)29)20(27)25(19(23)21(24)28)11-5-3-4-6-13-26/h7-10,15-19,26H,3-6,11-14H2,1-2H3/t16-,17+,18+,19?,23+/m1/s1. The van der Waals surface area contributed by atoms with Crippen LogP contribution in [0.15, 0.2) is 24.3 Å². The SMILES string of the molecule is CC(C)N1CC=C[C@]23O[C@@H]4C=CCOC(=O)[C@@H]4[C@H]2C(=O)N(CCCCCCO)C3C1=O. The molecule has 1 spiro atoms. The number of unbranched alkanes of at least 4 members (excludes halogenated alkanes) is 3. The zero-order chi connectivity index (χ0) is 22.2. The maximum atomic E-state index is 13.7. The summed E-state index contributed by atoms with van der Waals surface area (Å²) in [7, 11) is 0. The summed E-state index contributed by atoms with van der Waals surface area (Å²) in [5, 5.41) is 9.00. The number of aliphatic hydroxyl groups is 1. The molecule has 0 radical (unpaired) electrons. The van der Waals surface area contributed by atoms with Gasteiger partial charge < -0.3 is 24.4 Å². The van der Waals surface area contributed by atoms with E-state index in [-0.39, 0.29) is 31.1 Å². The van der Waals surface area contributed by atoms with Gasteiger partial charge in [0, 0.05) is 25.7 Å². The normalized spacial score (nSPS) is 34.5. The summed E-state index contributed by atoms with van der Waals surface area (Å²) in [6.45, 7) is 5.09. The highest BCUT2D eigenvalue weighted by Gasteiger charge is 2.71. The molecule has 0 bridgehead atoms. The summed E-state index contributed by atoms with van der Waals surface area (Å²) in [6.07, 6.45) is 9.84. The van der Waals surface area contributed by atoms with Gasteiger partial charge in [-0.15, -0.1) is 0 Å². The molecule has 1 N–H and O–H groups in total. The summed E-state index contributed by atoms with van der Waals surface area (Å²) in [4.78, 5) is 43.6. The molecular formula is C23H32N2O6. The molecule has 4 aliphatic rings. The second-order valence-corrected chi connectivity index (χ2v) is 9.06. The van der Waals surface area contributed by atoms with Gasteiger partial charge in [0.25, 0.3) is 0 Å². The Morgan fingerprint density at radius 2 is 1.90 bits per heavy atom. The van der Waals surface area contributed by atoms with Crippen LogP contribution in [-0.2, 0) is 23.9 Å². The van der Waals surface area contributed by atoms with Crippen molar-refractivity contribution in [1.82, 2.24) is 9.80 Å². The number of likely N-dealkylation sites (tertiary alicyclic amines) is 1. The smallest absolute Gasteiger partial charge is 0.313 e. The zero-order valence-corrected chi connectivity index (χ0v) is 18.2. The fourth-order valence-corrected chi connectivity index (χ4v) is 5.44. The number of cyclic esters (lactones) is 1. The quantitative estimate of drug-likeness (QED) is 0.367. The zero-order valence-electron chi connectivity index (χ0n) is 18.2. The van der Waals surface area contributed by atoms with E-state index in [1.807, 2.05) is 26.0 Å². The molecule has 4 aliphatic heterocycles. The van der Waals surface area contributed by atoms with E-state index in [0.717, 1.165) is 25.7 Å². The van der Waals surface area contributed by atoms with E-state index in [9.17, 15) is 14.4 Å². The molecule has 8 nitrogen and oxygen atoms in total. The van der Waals surface area contributed by atoms with Gasteiger partial charge in [-0.3, -0.25) is 14.4 Å². The van der Waals surface area contributed by atoms with Gasteiger partial charge in [0.2, 0.25) is 11.8 Å². The van der Waals surface area contributed by atoms with E-state index in [1.54, 1.807) is 22.0 Å². The van der Waals surface area contributed by atoms with Crippen molar-refractivity contribution in [2.45, 2.75) is 63.3 Å². The summed E-state index contributed by atoms with van der Waals surface area (Å²) < 4.78 is 11.7. The highest BCUT2D eigenvalue weighted by molar-refractivity contribution is 5.99. The molecule has 8 heteroatoms. The van der Waals surface area contributed by atoms with E-state index in [1.165, 1.54) is 0 Å². The number of carbonyl (C=O) groups is 3. The Balaban J connectivity index is 1.70. The molecular weight excluding hydrogens is 400 g/mol. The maximum Gasteiger partial charge on any atom is 0.313 e. The summed E-state index contributed by atoms with van der Waals surface area (Å²) in [5.74, 6) is -2.33. The number of amides is 2. The summed E-state index contributed by atoms with van der Waals surface area (Å²) in [5.41, 5.74) is -1.17. The minimum absolute atomic E-state index is 0.0235. The fraction of sp³-hybridized carbons (Fsp3) is 0.696. The van der Waals surface area contributed by atoms with Gasteiger partial charge in [-0.2, -0.15) is 0 Å². The first kappa shape index (κ1) is 22.0. The van der Waals surface area contributed by atoms with Crippen LogP contribution in [0.25, 0.3) is 0 Å². The first-order valence-electron chi connectivity index (χ1n) is 11.3. The van der Waals surface area contributed by atoms with E-state index in [4.69, 9.17) is 14.6 Å². The lowest BCUT2D eigenvalue weighted by atomic mass is 9.78. The van der Waals surface area contributed by atoms with Gasteiger partial charge in [-0.05, 0) is 32.8 Å². The number of nitrogens with zero attached hydrogens (tertiary/aromatic N) is 2. The largest absolute Gasteiger partial charge is 0.461 e. The first-order valence-corrected chi connectivity index (χ1v) is 11.3. The van der Waals surface area contributed by atoms with Crippen LogP contribution >= 0.6 is 0 Å². The van der Waals surface area contributed by atoms with Gasteiger partial charge in [0.1, 0.15) is 24.2 Å². The Bertz CT molecular complexity index is 793. The molecule has 4 rings (SSSR count). The Morgan fingerprint density at radius 3 is 2.65 bits per heavy atom. The number of ether oxygens (including phenoxy) is 2. The van der Waals surface area contributed by atoms with Gasteiger partial charge >= 0.3 is 5.97 Å². The Morgan fingerprint density at radius 1 is 1.13 bits per heavy atom. The number of hydrogen-bond donors (Lipinski definition) is 1. The predicted octanol–water partition coefficient (Wildman–Crippen LogP) is 1.04. The third-order valence-electron chi connectivity index (χ3n) is 6.88.